The van der Waals surface area contributed by atoms with Gasteiger partial charge < -0.3 is 5.73 Å². The Labute approximate surface area is 112 Å². The molecule has 0 fully saturated rings. The summed E-state index contributed by atoms with van der Waals surface area (Å²) in [6, 6.07) is 2.22. The summed E-state index contributed by atoms with van der Waals surface area (Å²) in [6.45, 7) is 4.67. The molecule has 98 valence electrons. The first-order valence-electron chi connectivity index (χ1n) is 6.03. The minimum atomic E-state index is 0.637. The molecule has 0 aliphatic rings. The third-order valence-electron chi connectivity index (χ3n) is 2.92. The van der Waals surface area contributed by atoms with Gasteiger partial charge in [0, 0.05) is 48.2 Å². The van der Waals surface area contributed by atoms with Gasteiger partial charge in [-0.05, 0) is 25.6 Å². The SMILES string of the molecule is Cc1sc(CN)cc1CN(C)Cc1cnn(C)c1. The average Bonchev–Trinajstić information content (AvgIpc) is 2.86. The van der Waals surface area contributed by atoms with Crippen molar-refractivity contribution in [3.05, 3.63) is 39.3 Å². The summed E-state index contributed by atoms with van der Waals surface area (Å²) in [6.07, 6.45) is 3.98. The van der Waals surface area contributed by atoms with Gasteiger partial charge in [0.05, 0.1) is 6.20 Å². The molecule has 0 atom stereocenters. The van der Waals surface area contributed by atoms with Gasteiger partial charge in [0.25, 0.3) is 0 Å². The molecule has 0 spiro atoms. The van der Waals surface area contributed by atoms with Gasteiger partial charge in [-0.3, -0.25) is 9.58 Å². The molecule has 2 rings (SSSR count). The van der Waals surface area contributed by atoms with E-state index in [9.17, 15) is 0 Å². The highest BCUT2D eigenvalue weighted by molar-refractivity contribution is 7.12. The maximum Gasteiger partial charge on any atom is 0.0534 e. The third kappa shape index (κ3) is 3.19. The van der Waals surface area contributed by atoms with Crippen LogP contribution < -0.4 is 5.73 Å². The van der Waals surface area contributed by atoms with Crippen LogP contribution in [0.5, 0.6) is 0 Å². The molecule has 0 saturated heterocycles. The van der Waals surface area contributed by atoms with Crippen molar-refractivity contribution in [3.63, 3.8) is 0 Å². The molecule has 2 aromatic rings. The molecule has 4 nitrogen and oxygen atoms in total. The summed E-state index contributed by atoms with van der Waals surface area (Å²) in [5.41, 5.74) is 8.30. The van der Waals surface area contributed by atoms with Gasteiger partial charge in [-0.1, -0.05) is 0 Å². The van der Waals surface area contributed by atoms with E-state index in [0.717, 1.165) is 13.1 Å². The van der Waals surface area contributed by atoms with Crippen molar-refractivity contribution < 1.29 is 0 Å². The lowest BCUT2D eigenvalue weighted by Crippen LogP contribution is -2.17. The molecule has 0 aromatic carbocycles. The zero-order valence-corrected chi connectivity index (χ0v) is 12.0. The zero-order chi connectivity index (χ0) is 13.1. The van der Waals surface area contributed by atoms with E-state index in [4.69, 9.17) is 5.73 Å². The van der Waals surface area contributed by atoms with Gasteiger partial charge in [0.2, 0.25) is 0 Å². The smallest absolute Gasteiger partial charge is 0.0534 e. The molecule has 5 heteroatoms. The van der Waals surface area contributed by atoms with Gasteiger partial charge in [0.15, 0.2) is 0 Å². The van der Waals surface area contributed by atoms with Crippen LogP contribution in [0, 0.1) is 6.92 Å². The largest absolute Gasteiger partial charge is 0.326 e. The van der Waals surface area contributed by atoms with Crippen molar-refractivity contribution in [2.24, 2.45) is 12.8 Å². The Morgan fingerprint density at radius 2 is 2.22 bits per heavy atom. The molecule has 2 N–H and O–H groups in total. The molecule has 0 bridgehead atoms. The summed E-state index contributed by atoms with van der Waals surface area (Å²) < 4.78 is 1.84. The standard InChI is InChI=1S/C13H20N4S/c1-10-12(4-13(5-14)18-10)9-16(2)7-11-6-15-17(3)8-11/h4,6,8H,5,7,9,14H2,1-3H3. The molecule has 0 aliphatic heterocycles. The van der Waals surface area contributed by atoms with E-state index < -0.39 is 0 Å². The second-order valence-corrected chi connectivity index (χ2v) is 6.03. The summed E-state index contributed by atoms with van der Waals surface area (Å²) >= 11 is 1.80. The van der Waals surface area contributed by atoms with Gasteiger partial charge in [-0.25, -0.2) is 0 Å². The van der Waals surface area contributed by atoms with Crippen LogP contribution in [0.15, 0.2) is 18.5 Å². The number of hydrogen-bond donors (Lipinski definition) is 1. The van der Waals surface area contributed by atoms with E-state index in [1.54, 1.807) is 11.3 Å². The normalized spacial score (nSPS) is 11.4. The number of hydrogen-bond acceptors (Lipinski definition) is 4. The monoisotopic (exact) mass is 264 g/mol. The van der Waals surface area contributed by atoms with Crippen LogP contribution in [-0.4, -0.2) is 21.7 Å². The van der Waals surface area contributed by atoms with Crippen LogP contribution in [0.25, 0.3) is 0 Å². The maximum absolute atomic E-state index is 5.67. The Morgan fingerprint density at radius 1 is 1.44 bits per heavy atom. The van der Waals surface area contributed by atoms with Crippen molar-refractivity contribution >= 4 is 11.3 Å². The molecule has 0 aliphatic carbocycles. The summed E-state index contributed by atoms with van der Waals surface area (Å²) in [4.78, 5) is 4.93. The fraction of sp³-hybridized carbons (Fsp3) is 0.462. The topological polar surface area (TPSA) is 47.1 Å². The second-order valence-electron chi connectivity index (χ2n) is 4.69. The van der Waals surface area contributed by atoms with Crippen LogP contribution in [0.2, 0.25) is 0 Å². The van der Waals surface area contributed by atoms with E-state index in [1.165, 1.54) is 20.9 Å². The predicted molar refractivity (Wildman–Crippen MR) is 75.3 cm³/mol. The maximum atomic E-state index is 5.67. The minimum absolute atomic E-state index is 0.637. The lowest BCUT2D eigenvalue weighted by molar-refractivity contribution is 0.319. The van der Waals surface area contributed by atoms with Gasteiger partial charge in [-0.15, -0.1) is 11.3 Å². The van der Waals surface area contributed by atoms with Crippen LogP contribution in [0.4, 0.5) is 0 Å². The van der Waals surface area contributed by atoms with Crippen LogP contribution in [0.1, 0.15) is 20.9 Å². The van der Waals surface area contributed by atoms with Crippen LogP contribution in [-0.2, 0) is 26.7 Å². The summed E-state index contributed by atoms with van der Waals surface area (Å²) in [5.74, 6) is 0. The van der Waals surface area contributed by atoms with Crippen molar-refractivity contribution in [2.75, 3.05) is 7.05 Å². The molecular weight excluding hydrogens is 244 g/mol. The highest BCUT2D eigenvalue weighted by atomic mass is 32.1. The Hall–Kier alpha value is -1.17. The molecule has 0 unspecified atom stereocenters. The van der Waals surface area contributed by atoms with Crippen molar-refractivity contribution in [3.8, 4) is 0 Å². The number of aromatic nitrogens is 2. The Balaban J connectivity index is 1.98. The molecular formula is C13H20N4S. The predicted octanol–water partition coefficient (Wildman–Crippen LogP) is 1.88. The van der Waals surface area contributed by atoms with E-state index in [0.29, 0.717) is 6.54 Å². The van der Waals surface area contributed by atoms with E-state index in [-0.39, 0.29) is 0 Å². The molecule has 0 radical (unpaired) electrons. The number of aryl methyl sites for hydroxylation is 2. The fourth-order valence-electron chi connectivity index (χ4n) is 2.06. The Kier molecular flexibility index (Phi) is 4.16. The van der Waals surface area contributed by atoms with Gasteiger partial charge in [0.1, 0.15) is 0 Å². The number of rotatable bonds is 5. The first-order chi connectivity index (χ1) is 8.58. The van der Waals surface area contributed by atoms with Crippen molar-refractivity contribution in [2.45, 2.75) is 26.6 Å². The molecule has 18 heavy (non-hydrogen) atoms. The lowest BCUT2D eigenvalue weighted by atomic mass is 10.2. The fourth-order valence-corrected chi connectivity index (χ4v) is 2.99. The second kappa shape index (κ2) is 5.65. The molecule has 0 amide bonds. The third-order valence-corrected chi connectivity index (χ3v) is 4.04. The summed E-state index contributed by atoms with van der Waals surface area (Å²) in [5, 5.41) is 4.19. The minimum Gasteiger partial charge on any atom is -0.326 e. The highest BCUT2D eigenvalue weighted by Crippen LogP contribution is 2.22. The quantitative estimate of drug-likeness (QED) is 0.897. The first kappa shape index (κ1) is 13.3. The Bertz CT molecular complexity index is 515. The van der Waals surface area contributed by atoms with E-state index in [2.05, 4.69) is 36.2 Å². The van der Waals surface area contributed by atoms with E-state index in [1.807, 2.05) is 17.9 Å². The van der Waals surface area contributed by atoms with Gasteiger partial charge >= 0.3 is 0 Å². The number of nitrogens with zero attached hydrogens (tertiary/aromatic N) is 3. The average molecular weight is 264 g/mol. The molecule has 0 saturated carbocycles. The highest BCUT2D eigenvalue weighted by Gasteiger charge is 2.08. The van der Waals surface area contributed by atoms with Crippen molar-refractivity contribution in [1.29, 1.82) is 0 Å². The van der Waals surface area contributed by atoms with E-state index >= 15 is 0 Å². The molecule has 2 aromatic heterocycles. The first-order valence-corrected chi connectivity index (χ1v) is 6.84. The summed E-state index contributed by atoms with van der Waals surface area (Å²) in [7, 11) is 4.08. The molecule has 2 heterocycles. The zero-order valence-electron chi connectivity index (χ0n) is 11.2. The number of thiophene rings is 1. The Morgan fingerprint density at radius 3 is 2.78 bits per heavy atom. The number of nitrogens with two attached hydrogens (primary N) is 1. The van der Waals surface area contributed by atoms with Crippen molar-refractivity contribution in [1.82, 2.24) is 14.7 Å². The van der Waals surface area contributed by atoms with Crippen LogP contribution in [0.3, 0.4) is 0 Å². The van der Waals surface area contributed by atoms with Gasteiger partial charge in [-0.2, -0.15) is 5.10 Å². The van der Waals surface area contributed by atoms with Crippen LogP contribution >= 0.6 is 11.3 Å². The lowest BCUT2D eigenvalue weighted by Gasteiger charge is -2.15.